The lowest BCUT2D eigenvalue weighted by molar-refractivity contribution is -0.386. The smallest absolute Gasteiger partial charge is 0.311 e. The van der Waals surface area contributed by atoms with Crippen LogP contribution in [0.25, 0.3) is 0 Å². The highest BCUT2D eigenvalue weighted by atomic mass is 19.1. The molecule has 3 atom stereocenters. The van der Waals surface area contributed by atoms with E-state index >= 15 is 0 Å². The number of hydrogen-bond donors (Lipinski definition) is 2. The van der Waals surface area contributed by atoms with Crippen LogP contribution in [0.1, 0.15) is 19.3 Å². The Bertz CT molecular complexity index is 481. The van der Waals surface area contributed by atoms with Gasteiger partial charge in [-0.2, -0.15) is 0 Å². The van der Waals surface area contributed by atoms with Gasteiger partial charge in [0, 0.05) is 12.1 Å². The third kappa shape index (κ3) is 2.99. The van der Waals surface area contributed by atoms with E-state index in [-0.39, 0.29) is 11.4 Å². The molecule has 2 rings (SSSR count). The van der Waals surface area contributed by atoms with E-state index in [0.717, 1.165) is 18.2 Å². The third-order valence-electron chi connectivity index (χ3n) is 3.16. The first-order valence-corrected chi connectivity index (χ1v) is 5.96. The van der Waals surface area contributed by atoms with Crippen molar-refractivity contribution in [2.24, 2.45) is 0 Å². The lowest BCUT2D eigenvalue weighted by Gasteiger charge is -2.31. The number of nitro benzene ring substituents is 1. The van der Waals surface area contributed by atoms with Crippen LogP contribution in [0.4, 0.5) is 10.1 Å². The Balaban J connectivity index is 2.22. The van der Waals surface area contributed by atoms with Crippen LogP contribution in [0, 0.1) is 15.9 Å². The standard InChI is InChI=1S/C12H14FNO5/c13-7-4-5-8(14(17)18)11(6-7)19-10-3-1-2-9(15)12(10)16/h4-6,9-10,12,15-16H,1-3H2. The molecule has 1 aliphatic rings. The van der Waals surface area contributed by atoms with Crippen molar-refractivity contribution in [1.29, 1.82) is 0 Å². The van der Waals surface area contributed by atoms with Gasteiger partial charge in [0.1, 0.15) is 18.0 Å². The summed E-state index contributed by atoms with van der Waals surface area (Å²) in [5, 5.41) is 30.1. The second kappa shape index (κ2) is 5.50. The normalized spacial score (nSPS) is 27.0. The summed E-state index contributed by atoms with van der Waals surface area (Å²) >= 11 is 0. The number of halogens is 1. The maximum atomic E-state index is 13.1. The summed E-state index contributed by atoms with van der Waals surface area (Å²) in [6.07, 6.45) is -1.29. The topological polar surface area (TPSA) is 92.8 Å². The van der Waals surface area contributed by atoms with E-state index in [1.165, 1.54) is 0 Å². The molecule has 1 saturated carbocycles. The van der Waals surface area contributed by atoms with Crippen molar-refractivity contribution in [3.8, 4) is 5.75 Å². The molecule has 0 aromatic heterocycles. The Kier molecular flexibility index (Phi) is 3.96. The molecule has 7 heteroatoms. The molecule has 6 nitrogen and oxygen atoms in total. The number of hydrogen-bond acceptors (Lipinski definition) is 5. The molecular weight excluding hydrogens is 257 g/mol. The summed E-state index contributed by atoms with van der Waals surface area (Å²) < 4.78 is 18.4. The van der Waals surface area contributed by atoms with Crippen LogP contribution in [0.2, 0.25) is 0 Å². The molecule has 1 fully saturated rings. The van der Waals surface area contributed by atoms with E-state index in [1.54, 1.807) is 0 Å². The number of rotatable bonds is 3. The number of ether oxygens (including phenoxy) is 1. The lowest BCUT2D eigenvalue weighted by atomic mass is 9.92. The number of aliphatic hydroxyl groups excluding tert-OH is 2. The minimum Gasteiger partial charge on any atom is -0.481 e. The molecule has 104 valence electrons. The minimum atomic E-state index is -1.13. The summed E-state index contributed by atoms with van der Waals surface area (Å²) in [7, 11) is 0. The van der Waals surface area contributed by atoms with Crippen molar-refractivity contribution in [3.05, 3.63) is 34.1 Å². The maximum Gasteiger partial charge on any atom is 0.311 e. The number of nitro groups is 1. The molecule has 1 aromatic rings. The van der Waals surface area contributed by atoms with Crippen molar-refractivity contribution in [2.75, 3.05) is 0 Å². The number of aliphatic hydroxyl groups is 2. The molecule has 0 heterocycles. The van der Waals surface area contributed by atoms with Crippen molar-refractivity contribution in [3.63, 3.8) is 0 Å². The Morgan fingerprint density at radius 2 is 2.11 bits per heavy atom. The SMILES string of the molecule is O=[N+]([O-])c1ccc(F)cc1OC1CCCC(O)C1O. The second-order valence-corrected chi connectivity index (χ2v) is 4.51. The highest BCUT2D eigenvalue weighted by Gasteiger charge is 2.33. The average molecular weight is 271 g/mol. The van der Waals surface area contributed by atoms with Crippen molar-refractivity contribution < 1.29 is 24.3 Å². The molecule has 0 radical (unpaired) electrons. The minimum absolute atomic E-state index is 0.233. The van der Waals surface area contributed by atoms with E-state index in [1.807, 2.05) is 0 Å². The first-order valence-electron chi connectivity index (χ1n) is 5.96. The number of benzene rings is 1. The van der Waals surface area contributed by atoms with Crippen molar-refractivity contribution in [2.45, 2.75) is 37.6 Å². The molecule has 19 heavy (non-hydrogen) atoms. The fourth-order valence-corrected chi connectivity index (χ4v) is 2.14. The Labute approximate surface area is 108 Å². The van der Waals surface area contributed by atoms with Crippen LogP contribution >= 0.6 is 0 Å². The lowest BCUT2D eigenvalue weighted by Crippen LogP contribution is -2.44. The van der Waals surface area contributed by atoms with E-state index in [9.17, 15) is 24.7 Å². The van der Waals surface area contributed by atoms with Gasteiger partial charge < -0.3 is 14.9 Å². The zero-order valence-corrected chi connectivity index (χ0v) is 10.0. The van der Waals surface area contributed by atoms with Crippen LogP contribution in [0.3, 0.4) is 0 Å². The van der Waals surface area contributed by atoms with Crippen LogP contribution < -0.4 is 4.74 Å². The van der Waals surface area contributed by atoms with Crippen LogP contribution in [-0.2, 0) is 0 Å². The first-order chi connectivity index (χ1) is 8.99. The highest BCUT2D eigenvalue weighted by molar-refractivity contribution is 5.46. The van der Waals surface area contributed by atoms with Gasteiger partial charge in [0.2, 0.25) is 0 Å². The molecule has 0 aliphatic heterocycles. The molecule has 0 saturated heterocycles. The summed E-state index contributed by atoms with van der Waals surface area (Å²) in [6, 6.07) is 2.89. The molecule has 0 bridgehead atoms. The predicted octanol–water partition coefficient (Wildman–Crippen LogP) is 1.39. The third-order valence-corrected chi connectivity index (χ3v) is 3.16. The second-order valence-electron chi connectivity index (χ2n) is 4.51. The van der Waals surface area contributed by atoms with E-state index < -0.39 is 29.1 Å². The molecule has 3 unspecified atom stereocenters. The fourth-order valence-electron chi connectivity index (χ4n) is 2.14. The largest absolute Gasteiger partial charge is 0.481 e. The zero-order chi connectivity index (χ0) is 14.0. The summed E-state index contributed by atoms with van der Waals surface area (Å²) in [4.78, 5) is 10.1. The van der Waals surface area contributed by atoms with Crippen molar-refractivity contribution in [1.82, 2.24) is 0 Å². The Morgan fingerprint density at radius 3 is 2.79 bits per heavy atom. The van der Waals surface area contributed by atoms with E-state index in [4.69, 9.17) is 4.74 Å². The highest BCUT2D eigenvalue weighted by Crippen LogP contribution is 2.31. The van der Waals surface area contributed by atoms with Crippen LogP contribution in [0.5, 0.6) is 5.75 Å². The van der Waals surface area contributed by atoms with Gasteiger partial charge >= 0.3 is 5.69 Å². The molecular formula is C12H14FNO5. The Morgan fingerprint density at radius 1 is 1.37 bits per heavy atom. The van der Waals surface area contributed by atoms with E-state index in [0.29, 0.717) is 19.3 Å². The maximum absolute atomic E-state index is 13.1. The zero-order valence-electron chi connectivity index (χ0n) is 10.0. The van der Waals surface area contributed by atoms with Crippen LogP contribution in [-0.4, -0.2) is 33.4 Å². The summed E-state index contributed by atoms with van der Waals surface area (Å²) in [5.74, 6) is -0.894. The first kappa shape index (κ1) is 13.7. The fraction of sp³-hybridized carbons (Fsp3) is 0.500. The van der Waals surface area contributed by atoms with Gasteiger partial charge in [0.05, 0.1) is 11.0 Å². The van der Waals surface area contributed by atoms with Gasteiger partial charge in [-0.25, -0.2) is 4.39 Å². The van der Waals surface area contributed by atoms with Crippen LogP contribution in [0.15, 0.2) is 18.2 Å². The molecule has 1 aromatic carbocycles. The number of nitrogens with zero attached hydrogens (tertiary/aromatic N) is 1. The van der Waals surface area contributed by atoms with Gasteiger partial charge in [-0.3, -0.25) is 10.1 Å². The predicted molar refractivity (Wildman–Crippen MR) is 63.3 cm³/mol. The van der Waals surface area contributed by atoms with Gasteiger partial charge in [0.25, 0.3) is 0 Å². The monoisotopic (exact) mass is 271 g/mol. The quantitative estimate of drug-likeness (QED) is 0.640. The molecule has 1 aliphatic carbocycles. The summed E-state index contributed by atoms with van der Waals surface area (Å²) in [6.45, 7) is 0. The van der Waals surface area contributed by atoms with Gasteiger partial charge in [0.15, 0.2) is 5.75 Å². The molecule has 0 amide bonds. The van der Waals surface area contributed by atoms with Gasteiger partial charge in [-0.15, -0.1) is 0 Å². The van der Waals surface area contributed by atoms with Gasteiger partial charge in [-0.05, 0) is 25.3 Å². The van der Waals surface area contributed by atoms with Crippen molar-refractivity contribution >= 4 is 5.69 Å². The Hall–Kier alpha value is -1.73. The molecule has 2 N–H and O–H groups in total. The molecule has 0 spiro atoms. The average Bonchev–Trinajstić information content (AvgIpc) is 2.35. The van der Waals surface area contributed by atoms with E-state index in [2.05, 4.69) is 0 Å². The van der Waals surface area contributed by atoms with Gasteiger partial charge in [-0.1, -0.05) is 0 Å². The summed E-state index contributed by atoms with van der Waals surface area (Å²) in [5.41, 5.74) is -0.367.